The van der Waals surface area contributed by atoms with Crippen LogP contribution >= 0.6 is 0 Å². The van der Waals surface area contributed by atoms with Crippen molar-refractivity contribution in [2.45, 2.75) is 27.0 Å². The number of carbonyl (C=O) groups is 1. The van der Waals surface area contributed by atoms with Gasteiger partial charge in [-0.2, -0.15) is 0 Å². The first-order chi connectivity index (χ1) is 16.9. The molecule has 8 nitrogen and oxygen atoms in total. The molecule has 2 heterocycles. The van der Waals surface area contributed by atoms with Gasteiger partial charge in [0.25, 0.3) is 0 Å². The number of aromatic amines is 1. The maximum atomic E-state index is 11.3. The number of amides is 1. The van der Waals surface area contributed by atoms with E-state index >= 15 is 0 Å². The van der Waals surface area contributed by atoms with E-state index in [2.05, 4.69) is 20.5 Å². The summed E-state index contributed by atoms with van der Waals surface area (Å²) in [5.41, 5.74) is 4.87. The summed E-state index contributed by atoms with van der Waals surface area (Å²) in [6.07, 6.45) is 0. The largest absolute Gasteiger partial charge is 0.487 e. The van der Waals surface area contributed by atoms with Crippen molar-refractivity contribution in [3.8, 4) is 17.1 Å². The minimum atomic E-state index is -0.0601. The molecule has 2 aromatic carbocycles. The summed E-state index contributed by atoms with van der Waals surface area (Å²) in [6, 6.07) is 17.9. The molecule has 0 atom stereocenters. The number of ether oxygens (including phenoxy) is 1. The van der Waals surface area contributed by atoms with Gasteiger partial charge in [0.1, 0.15) is 23.8 Å². The van der Waals surface area contributed by atoms with Crippen molar-refractivity contribution in [3.05, 3.63) is 71.4 Å². The van der Waals surface area contributed by atoms with E-state index in [1.54, 1.807) is 0 Å². The first kappa shape index (κ1) is 24.2. The highest BCUT2D eigenvalue weighted by atomic mass is 16.5. The lowest BCUT2D eigenvalue weighted by Crippen LogP contribution is -2.26. The molecule has 0 bridgehead atoms. The van der Waals surface area contributed by atoms with Crippen molar-refractivity contribution in [1.82, 2.24) is 25.2 Å². The van der Waals surface area contributed by atoms with Crippen molar-refractivity contribution in [3.63, 3.8) is 0 Å². The number of hydrogen-bond donors (Lipinski definition) is 3. The van der Waals surface area contributed by atoms with Crippen molar-refractivity contribution in [1.29, 1.82) is 0 Å². The number of hydrogen-bond acceptors (Lipinski definition) is 6. The van der Waals surface area contributed by atoms with Crippen LogP contribution in [0.4, 0.5) is 5.82 Å². The van der Waals surface area contributed by atoms with E-state index in [1.807, 2.05) is 75.6 Å². The van der Waals surface area contributed by atoms with E-state index in [-0.39, 0.29) is 5.91 Å². The molecule has 4 aromatic rings. The van der Waals surface area contributed by atoms with Gasteiger partial charge in [-0.3, -0.25) is 4.79 Å². The number of nitrogens with zero attached hydrogens (tertiary/aromatic N) is 3. The molecule has 35 heavy (non-hydrogen) atoms. The van der Waals surface area contributed by atoms with Crippen molar-refractivity contribution in [2.24, 2.45) is 0 Å². The Morgan fingerprint density at radius 2 is 1.86 bits per heavy atom. The second-order valence-electron chi connectivity index (χ2n) is 8.82. The van der Waals surface area contributed by atoms with Crippen LogP contribution in [-0.4, -0.2) is 52.9 Å². The molecule has 0 saturated heterocycles. The van der Waals surface area contributed by atoms with Gasteiger partial charge < -0.3 is 25.3 Å². The molecule has 0 saturated carbocycles. The second kappa shape index (κ2) is 11.0. The van der Waals surface area contributed by atoms with Crippen LogP contribution in [0.1, 0.15) is 23.7 Å². The zero-order valence-corrected chi connectivity index (χ0v) is 20.7. The molecule has 8 heteroatoms. The molecule has 3 N–H and O–H groups in total. The van der Waals surface area contributed by atoms with Gasteiger partial charge in [-0.25, -0.2) is 9.97 Å². The summed E-state index contributed by atoms with van der Waals surface area (Å²) in [4.78, 5) is 26.7. The van der Waals surface area contributed by atoms with E-state index in [0.29, 0.717) is 32.1 Å². The van der Waals surface area contributed by atoms with E-state index in [0.717, 1.165) is 45.0 Å². The lowest BCUT2D eigenvalue weighted by atomic mass is 10.1. The lowest BCUT2D eigenvalue weighted by molar-refractivity contribution is -0.118. The first-order valence-electron chi connectivity index (χ1n) is 11.7. The smallest absolute Gasteiger partial charge is 0.216 e. The van der Waals surface area contributed by atoms with Crippen LogP contribution in [0.5, 0.6) is 5.75 Å². The fraction of sp³-hybridized carbons (Fsp3) is 0.296. The zero-order valence-electron chi connectivity index (χ0n) is 20.7. The Kier molecular flexibility index (Phi) is 7.62. The van der Waals surface area contributed by atoms with E-state index < -0.39 is 0 Å². The minimum absolute atomic E-state index is 0.0601. The van der Waals surface area contributed by atoms with Crippen LogP contribution in [0.2, 0.25) is 0 Å². The molecule has 0 aliphatic carbocycles. The Hall–Kier alpha value is -3.91. The van der Waals surface area contributed by atoms with E-state index in [9.17, 15) is 4.79 Å². The number of benzene rings is 2. The van der Waals surface area contributed by atoms with Gasteiger partial charge in [0.15, 0.2) is 5.82 Å². The molecular formula is C27H32N6O2. The van der Waals surface area contributed by atoms with Gasteiger partial charge >= 0.3 is 0 Å². The summed E-state index contributed by atoms with van der Waals surface area (Å²) in [6.45, 7) is 5.68. The van der Waals surface area contributed by atoms with Crippen molar-refractivity contribution >= 4 is 22.8 Å². The van der Waals surface area contributed by atoms with Crippen LogP contribution in [0.25, 0.3) is 22.4 Å². The van der Waals surface area contributed by atoms with Gasteiger partial charge in [-0.05, 0) is 38.7 Å². The fourth-order valence-electron chi connectivity index (χ4n) is 3.94. The maximum Gasteiger partial charge on any atom is 0.216 e. The third-order valence-electron chi connectivity index (χ3n) is 5.51. The second-order valence-corrected chi connectivity index (χ2v) is 8.82. The standard InChI is InChI=1S/C27H32N6O2/c1-18-9-8-12-21(15-18)35-17-23-22(16-33(3)4)24-26(29-14-13-28-19(2)34)31-25(32-27(24)30-23)20-10-6-5-7-11-20/h5-12,15H,13-14,16-17H2,1-4H3,(H,28,34)(H2,29,30,31,32). The number of aryl methyl sites for hydroxylation is 1. The Bertz CT molecular complexity index is 1300. The summed E-state index contributed by atoms with van der Waals surface area (Å²) in [7, 11) is 4.07. The van der Waals surface area contributed by atoms with Gasteiger partial charge in [-0.1, -0.05) is 42.5 Å². The molecule has 182 valence electrons. The summed E-state index contributed by atoms with van der Waals surface area (Å²) < 4.78 is 6.14. The highest BCUT2D eigenvalue weighted by Gasteiger charge is 2.20. The summed E-state index contributed by atoms with van der Waals surface area (Å²) in [5, 5.41) is 7.17. The molecule has 2 aromatic heterocycles. The number of anilines is 1. The van der Waals surface area contributed by atoms with Crippen molar-refractivity contribution in [2.75, 3.05) is 32.5 Å². The Morgan fingerprint density at radius 3 is 2.57 bits per heavy atom. The summed E-state index contributed by atoms with van der Waals surface area (Å²) >= 11 is 0. The van der Waals surface area contributed by atoms with Crippen LogP contribution in [0.3, 0.4) is 0 Å². The number of rotatable bonds is 10. The van der Waals surface area contributed by atoms with Crippen LogP contribution in [0.15, 0.2) is 54.6 Å². The molecule has 1 amide bonds. The average Bonchev–Trinajstić information content (AvgIpc) is 3.17. The lowest BCUT2D eigenvalue weighted by Gasteiger charge is -2.14. The van der Waals surface area contributed by atoms with Crippen LogP contribution in [0, 0.1) is 6.92 Å². The molecule has 0 unspecified atom stereocenters. The summed E-state index contributed by atoms with van der Waals surface area (Å²) in [5.74, 6) is 2.12. The highest BCUT2D eigenvalue weighted by molar-refractivity contribution is 5.93. The van der Waals surface area contributed by atoms with Crippen LogP contribution in [-0.2, 0) is 17.9 Å². The number of carbonyl (C=O) groups excluding carboxylic acids is 1. The topological polar surface area (TPSA) is 95.2 Å². The quantitative estimate of drug-likeness (QED) is 0.301. The predicted molar refractivity (Wildman–Crippen MR) is 139 cm³/mol. The number of fused-ring (bicyclic) bond motifs is 1. The third-order valence-corrected chi connectivity index (χ3v) is 5.51. The molecule has 0 radical (unpaired) electrons. The SMILES string of the molecule is CC(=O)NCCNc1nc(-c2ccccc2)nc2[nH]c(COc3cccc(C)c3)c(CN(C)C)c12. The monoisotopic (exact) mass is 472 g/mol. The zero-order chi connectivity index (χ0) is 24.8. The highest BCUT2D eigenvalue weighted by Crippen LogP contribution is 2.31. The minimum Gasteiger partial charge on any atom is -0.487 e. The average molecular weight is 473 g/mol. The first-order valence-corrected chi connectivity index (χ1v) is 11.7. The number of H-pyrrole nitrogens is 1. The normalized spacial score (nSPS) is 11.1. The van der Waals surface area contributed by atoms with Gasteiger partial charge in [0.05, 0.1) is 11.1 Å². The van der Waals surface area contributed by atoms with Gasteiger partial charge in [0, 0.05) is 37.7 Å². The Morgan fingerprint density at radius 1 is 1.06 bits per heavy atom. The van der Waals surface area contributed by atoms with Crippen LogP contribution < -0.4 is 15.4 Å². The molecule has 0 fully saturated rings. The van der Waals surface area contributed by atoms with Gasteiger partial charge in [0.2, 0.25) is 5.91 Å². The predicted octanol–water partition coefficient (Wildman–Crippen LogP) is 4.12. The van der Waals surface area contributed by atoms with E-state index in [1.165, 1.54) is 6.92 Å². The molecule has 4 rings (SSSR count). The number of aromatic nitrogens is 3. The number of nitrogens with one attached hydrogen (secondary N) is 3. The Labute approximate surface area is 205 Å². The van der Waals surface area contributed by atoms with Crippen molar-refractivity contribution < 1.29 is 9.53 Å². The fourth-order valence-corrected chi connectivity index (χ4v) is 3.94. The maximum absolute atomic E-state index is 11.3. The molecule has 0 aliphatic heterocycles. The molecular weight excluding hydrogens is 440 g/mol. The molecule has 0 spiro atoms. The Balaban J connectivity index is 1.75. The third kappa shape index (κ3) is 6.16. The van der Waals surface area contributed by atoms with Gasteiger partial charge in [-0.15, -0.1) is 0 Å². The molecule has 0 aliphatic rings. The van der Waals surface area contributed by atoms with E-state index in [4.69, 9.17) is 14.7 Å².